The molecule has 114 valence electrons. The van der Waals surface area contributed by atoms with Crippen molar-refractivity contribution in [1.29, 1.82) is 0 Å². The van der Waals surface area contributed by atoms with Gasteiger partial charge in [-0.15, -0.1) is 0 Å². The van der Waals surface area contributed by atoms with Crippen molar-refractivity contribution in [2.45, 2.75) is 38.8 Å². The number of benzene rings is 1. The van der Waals surface area contributed by atoms with Crippen LogP contribution in [0, 0.1) is 23.7 Å². The monoisotopic (exact) mass is 413 g/mol. The van der Waals surface area contributed by atoms with Crippen molar-refractivity contribution in [3.8, 4) is 5.75 Å². The summed E-state index contributed by atoms with van der Waals surface area (Å²) in [5, 5.41) is 3.80. The summed E-state index contributed by atoms with van der Waals surface area (Å²) < 4.78 is 7.71. The van der Waals surface area contributed by atoms with Gasteiger partial charge < -0.3 is 10.1 Å². The fourth-order valence-corrected chi connectivity index (χ4v) is 6.34. The highest BCUT2D eigenvalue weighted by atomic mass is 79.9. The zero-order valence-electron chi connectivity index (χ0n) is 12.2. The largest absolute Gasteiger partial charge is 0.492 e. The Morgan fingerprint density at radius 2 is 1.76 bits per heavy atom. The standard InChI is InChI=1S/C17H21Br2NO/c1-2-21-17-12(18)5-9(6-13(17)19)8-20-16-14-10-3-4-11(7-10)15(14)16/h5-6,10-11,14-16,20H,2-4,7-8H2,1H3. The Morgan fingerprint density at radius 1 is 1.14 bits per heavy atom. The molecule has 0 aliphatic heterocycles. The van der Waals surface area contributed by atoms with E-state index in [1.54, 1.807) is 0 Å². The van der Waals surface area contributed by atoms with Crippen LogP contribution >= 0.6 is 31.9 Å². The summed E-state index contributed by atoms with van der Waals surface area (Å²) in [6.07, 6.45) is 4.50. The number of hydrogen-bond donors (Lipinski definition) is 1. The first-order valence-electron chi connectivity index (χ1n) is 8.03. The number of nitrogens with one attached hydrogen (secondary N) is 1. The molecule has 1 aromatic carbocycles. The first-order chi connectivity index (χ1) is 10.2. The second kappa shape index (κ2) is 5.54. The molecule has 3 saturated carbocycles. The van der Waals surface area contributed by atoms with Gasteiger partial charge in [-0.1, -0.05) is 0 Å². The minimum absolute atomic E-state index is 0.684. The number of rotatable bonds is 5. The molecule has 1 aromatic rings. The van der Waals surface area contributed by atoms with Gasteiger partial charge in [-0.05, 0) is 99.4 Å². The normalized spacial score (nSPS) is 35.9. The average molecular weight is 415 g/mol. The highest BCUT2D eigenvalue weighted by Gasteiger charge is 2.64. The van der Waals surface area contributed by atoms with E-state index in [-0.39, 0.29) is 0 Å². The molecule has 1 N–H and O–H groups in total. The number of halogens is 2. The second-order valence-corrected chi connectivity index (χ2v) is 8.42. The first-order valence-corrected chi connectivity index (χ1v) is 9.61. The summed E-state index contributed by atoms with van der Waals surface area (Å²) in [5.74, 6) is 4.98. The lowest BCUT2D eigenvalue weighted by Gasteiger charge is -2.13. The zero-order valence-corrected chi connectivity index (χ0v) is 15.4. The maximum absolute atomic E-state index is 5.64. The molecule has 2 nitrogen and oxygen atoms in total. The van der Waals surface area contributed by atoms with E-state index in [9.17, 15) is 0 Å². The molecule has 0 aromatic heterocycles. The number of fused-ring (bicyclic) bond motifs is 5. The Bertz CT molecular complexity index is 523. The van der Waals surface area contributed by atoms with E-state index >= 15 is 0 Å². The molecule has 0 amide bonds. The summed E-state index contributed by atoms with van der Waals surface area (Å²) in [6.45, 7) is 3.65. The molecular formula is C17H21Br2NO. The molecule has 0 saturated heterocycles. The van der Waals surface area contributed by atoms with Crippen molar-refractivity contribution in [2.75, 3.05) is 6.61 Å². The maximum atomic E-state index is 5.64. The number of ether oxygens (including phenoxy) is 1. The third kappa shape index (κ3) is 2.47. The van der Waals surface area contributed by atoms with Crippen LogP contribution in [0.2, 0.25) is 0 Å². The van der Waals surface area contributed by atoms with Gasteiger partial charge in [-0.25, -0.2) is 0 Å². The van der Waals surface area contributed by atoms with Gasteiger partial charge in [-0.2, -0.15) is 0 Å². The molecule has 4 heteroatoms. The molecule has 4 atom stereocenters. The minimum Gasteiger partial charge on any atom is -0.492 e. The van der Waals surface area contributed by atoms with Gasteiger partial charge in [-0.3, -0.25) is 0 Å². The van der Waals surface area contributed by atoms with Crippen LogP contribution in [0.15, 0.2) is 21.1 Å². The van der Waals surface area contributed by atoms with E-state index in [1.807, 2.05) is 6.92 Å². The predicted molar refractivity (Wildman–Crippen MR) is 91.4 cm³/mol. The summed E-state index contributed by atoms with van der Waals surface area (Å²) in [6, 6.07) is 5.14. The molecule has 2 bridgehead atoms. The van der Waals surface area contributed by atoms with Crippen molar-refractivity contribution in [3.05, 3.63) is 26.6 Å². The summed E-state index contributed by atoms with van der Waals surface area (Å²) >= 11 is 7.23. The van der Waals surface area contributed by atoms with E-state index in [1.165, 1.54) is 24.8 Å². The van der Waals surface area contributed by atoms with Crippen LogP contribution < -0.4 is 10.1 Å². The lowest BCUT2D eigenvalue weighted by molar-refractivity contribution is 0.336. The highest BCUT2D eigenvalue weighted by Crippen LogP contribution is 2.65. The molecule has 0 radical (unpaired) electrons. The lowest BCUT2D eigenvalue weighted by atomic mass is 10.0. The minimum atomic E-state index is 0.684. The van der Waals surface area contributed by atoms with Gasteiger partial charge in [0.15, 0.2) is 0 Å². The highest BCUT2D eigenvalue weighted by molar-refractivity contribution is 9.11. The molecule has 3 fully saturated rings. The third-order valence-electron chi connectivity index (χ3n) is 5.62. The second-order valence-electron chi connectivity index (χ2n) is 6.72. The molecule has 4 unspecified atom stereocenters. The predicted octanol–water partition coefficient (Wildman–Crippen LogP) is 4.74. The van der Waals surface area contributed by atoms with Crippen molar-refractivity contribution in [1.82, 2.24) is 5.32 Å². The van der Waals surface area contributed by atoms with Crippen LogP contribution in [0.5, 0.6) is 5.75 Å². The molecule has 0 spiro atoms. The molecule has 21 heavy (non-hydrogen) atoms. The maximum Gasteiger partial charge on any atom is 0.147 e. The van der Waals surface area contributed by atoms with Crippen LogP contribution in [0.1, 0.15) is 31.7 Å². The lowest BCUT2D eigenvalue weighted by Crippen LogP contribution is -2.22. The van der Waals surface area contributed by atoms with Gasteiger partial charge in [0, 0.05) is 12.6 Å². The van der Waals surface area contributed by atoms with Crippen molar-refractivity contribution in [2.24, 2.45) is 23.7 Å². The summed E-state index contributed by atoms with van der Waals surface area (Å²) in [5.41, 5.74) is 1.31. The fourth-order valence-electron chi connectivity index (χ4n) is 4.83. The van der Waals surface area contributed by atoms with Crippen LogP contribution in [0.25, 0.3) is 0 Å². The van der Waals surface area contributed by atoms with Crippen molar-refractivity contribution < 1.29 is 4.74 Å². The molecule has 3 aliphatic carbocycles. The van der Waals surface area contributed by atoms with Crippen molar-refractivity contribution in [3.63, 3.8) is 0 Å². The fraction of sp³-hybridized carbons (Fsp3) is 0.647. The average Bonchev–Trinajstić information content (AvgIpc) is 2.84. The van der Waals surface area contributed by atoms with Gasteiger partial charge in [0.05, 0.1) is 15.6 Å². The Hall–Kier alpha value is -0.0600. The third-order valence-corrected chi connectivity index (χ3v) is 6.80. The van der Waals surface area contributed by atoms with Crippen LogP contribution in [0.4, 0.5) is 0 Å². The summed E-state index contributed by atoms with van der Waals surface area (Å²) in [4.78, 5) is 0. The summed E-state index contributed by atoms with van der Waals surface area (Å²) in [7, 11) is 0. The Morgan fingerprint density at radius 3 is 2.33 bits per heavy atom. The smallest absolute Gasteiger partial charge is 0.147 e. The van der Waals surface area contributed by atoms with Crippen LogP contribution in [-0.4, -0.2) is 12.6 Å². The van der Waals surface area contributed by atoms with E-state index < -0.39 is 0 Å². The van der Waals surface area contributed by atoms with Crippen LogP contribution in [0.3, 0.4) is 0 Å². The quantitative estimate of drug-likeness (QED) is 0.750. The van der Waals surface area contributed by atoms with E-state index in [0.29, 0.717) is 6.61 Å². The topological polar surface area (TPSA) is 21.3 Å². The Kier molecular flexibility index (Phi) is 3.83. The first kappa shape index (κ1) is 14.5. The van der Waals surface area contributed by atoms with Gasteiger partial charge >= 0.3 is 0 Å². The van der Waals surface area contributed by atoms with E-state index in [4.69, 9.17) is 4.74 Å². The van der Waals surface area contributed by atoms with Gasteiger partial charge in [0.2, 0.25) is 0 Å². The Balaban J connectivity index is 1.40. The van der Waals surface area contributed by atoms with E-state index in [2.05, 4.69) is 49.3 Å². The van der Waals surface area contributed by atoms with Gasteiger partial charge in [0.25, 0.3) is 0 Å². The Labute approximate surface area is 143 Å². The van der Waals surface area contributed by atoms with Crippen molar-refractivity contribution >= 4 is 31.9 Å². The van der Waals surface area contributed by atoms with E-state index in [0.717, 1.165) is 51.0 Å². The molecule has 0 heterocycles. The SMILES string of the molecule is CCOc1c(Br)cc(CNC2C3C4CCC(C4)C23)cc1Br. The zero-order chi connectivity index (χ0) is 14.6. The van der Waals surface area contributed by atoms with Crippen LogP contribution in [-0.2, 0) is 6.54 Å². The molecular weight excluding hydrogens is 394 g/mol. The molecule has 3 aliphatic rings. The number of hydrogen-bond acceptors (Lipinski definition) is 2. The van der Waals surface area contributed by atoms with Gasteiger partial charge in [0.1, 0.15) is 5.75 Å². The molecule has 4 rings (SSSR count).